The van der Waals surface area contributed by atoms with Crippen molar-refractivity contribution in [1.82, 2.24) is 0 Å². The fourth-order valence-corrected chi connectivity index (χ4v) is 3.31. The molecule has 1 aromatic carbocycles. The van der Waals surface area contributed by atoms with E-state index in [2.05, 4.69) is 5.92 Å². The first-order valence-corrected chi connectivity index (χ1v) is 9.32. The van der Waals surface area contributed by atoms with Crippen LogP contribution in [0.1, 0.15) is 40.3 Å². The van der Waals surface area contributed by atoms with E-state index >= 15 is 0 Å². The molecule has 30 heavy (non-hydrogen) atoms. The van der Waals surface area contributed by atoms with Gasteiger partial charge in [-0.2, -0.15) is 4.57 Å². The van der Waals surface area contributed by atoms with Crippen LogP contribution in [0.3, 0.4) is 0 Å². The largest absolute Gasteiger partial charge is 1.00 e. The maximum absolute atomic E-state index is 12.7. The molecule has 2 aromatic rings. The maximum atomic E-state index is 12.7. The number of nitrogens with two attached hydrogens (primary N) is 1. The molecular weight excluding hydrogens is 452 g/mol. The van der Waals surface area contributed by atoms with Gasteiger partial charge in [0.2, 0.25) is 6.10 Å². The average Bonchev–Trinajstić information content (AvgIpc) is 3.10. The minimum absolute atomic E-state index is 0. The molecule has 1 amide bonds. The fraction of sp³-hybridized carbons (Fsp3) is 0.318. The Kier molecular flexibility index (Phi) is 8.54. The van der Waals surface area contributed by atoms with E-state index in [1.165, 1.54) is 0 Å². The predicted octanol–water partition coefficient (Wildman–Crippen LogP) is -1.37. The number of carbonyl (C=O) groups is 2. The number of ether oxygens (including phenoxy) is 3. The highest BCUT2D eigenvalue weighted by Gasteiger charge is 2.52. The molecular formula is C22H23BrN2O5. The zero-order chi connectivity index (χ0) is 20.8. The molecule has 1 fully saturated rings. The van der Waals surface area contributed by atoms with E-state index in [1.54, 1.807) is 53.4 Å². The molecule has 4 atom stereocenters. The van der Waals surface area contributed by atoms with Crippen LogP contribution in [0.4, 0.5) is 0 Å². The number of hydrogen-bond acceptors (Lipinski definition) is 5. The predicted molar refractivity (Wildman–Crippen MR) is 104 cm³/mol. The molecule has 0 saturated carbocycles. The molecule has 1 aliphatic rings. The minimum atomic E-state index is -0.769. The van der Waals surface area contributed by atoms with Crippen molar-refractivity contribution in [2.24, 2.45) is 5.73 Å². The standard InChI is InChI=1S/C22H22N2O5.BrH/c1-3-13-27-18-17(4-2)28-21(24-12-8-11-16(14-24)20(23)25)19(18)29-22(26)15-9-6-5-7-10-15;/h1,5-12,14,17-19,21H,4,13H2,2H3,(H-,23,25);1H/t17-,18-,19-,21-;/m1./s1. The lowest BCUT2D eigenvalue weighted by molar-refractivity contribution is -0.765. The van der Waals surface area contributed by atoms with Gasteiger partial charge in [-0.1, -0.05) is 31.0 Å². The molecule has 0 unspecified atom stereocenters. The second kappa shape index (κ2) is 10.9. The van der Waals surface area contributed by atoms with Crippen LogP contribution in [0.5, 0.6) is 0 Å². The molecule has 2 heterocycles. The average molecular weight is 475 g/mol. The molecule has 0 spiro atoms. The van der Waals surface area contributed by atoms with Crippen LogP contribution in [0.15, 0.2) is 54.9 Å². The summed E-state index contributed by atoms with van der Waals surface area (Å²) in [4.78, 5) is 24.3. The summed E-state index contributed by atoms with van der Waals surface area (Å²) >= 11 is 0. The number of aromatic nitrogens is 1. The third kappa shape index (κ3) is 5.25. The van der Waals surface area contributed by atoms with Crippen molar-refractivity contribution in [3.05, 3.63) is 66.0 Å². The normalized spacial score (nSPS) is 22.5. The van der Waals surface area contributed by atoms with Gasteiger partial charge in [0.1, 0.15) is 18.3 Å². The van der Waals surface area contributed by atoms with E-state index in [4.69, 9.17) is 26.4 Å². The van der Waals surface area contributed by atoms with E-state index in [0.29, 0.717) is 17.5 Å². The van der Waals surface area contributed by atoms with Crippen LogP contribution in [0, 0.1) is 12.3 Å². The van der Waals surface area contributed by atoms with Crippen molar-refractivity contribution < 1.29 is 45.3 Å². The topological polar surface area (TPSA) is 91.7 Å². The molecule has 0 radical (unpaired) electrons. The Hall–Kier alpha value is -2.73. The number of esters is 1. The van der Waals surface area contributed by atoms with Crippen molar-refractivity contribution in [2.45, 2.75) is 37.9 Å². The van der Waals surface area contributed by atoms with Crippen molar-refractivity contribution in [3.8, 4) is 12.3 Å². The van der Waals surface area contributed by atoms with Crippen molar-refractivity contribution >= 4 is 11.9 Å². The number of terminal acetylenes is 1. The van der Waals surface area contributed by atoms with Crippen LogP contribution in [0.2, 0.25) is 0 Å². The van der Waals surface area contributed by atoms with Gasteiger partial charge >= 0.3 is 12.2 Å². The van der Waals surface area contributed by atoms with Gasteiger partial charge in [0, 0.05) is 6.07 Å². The third-order valence-electron chi connectivity index (χ3n) is 4.70. The highest BCUT2D eigenvalue weighted by Crippen LogP contribution is 2.32. The number of pyridine rings is 1. The van der Waals surface area contributed by atoms with Crippen LogP contribution in [-0.4, -0.2) is 36.8 Å². The first-order valence-electron chi connectivity index (χ1n) is 9.32. The zero-order valence-corrected chi connectivity index (χ0v) is 18.0. The second-order valence-electron chi connectivity index (χ2n) is 6.59. The number of benzene rings is 1. The van der Waals surface area contributed by atoms with Crippen molar-refractivity contribution in [1.29, 1.82) is 0 Å². The molecule has 1 aromatic heterocycles. The SMILES string of the molecule is C#CCO[C@H]1[C@@H](OC(=O)c2ccccc2)[C@H]([n+]2cccc(C(N)=O)c2)O[C@@H]1CC.[Br-]. The Morgan fingerprint density at radius 1 is 1.17 bits per heavy atom. The Bertz CT molecular complexity index is 915. The van der Waals surface area contributed by atoms with E-state index in [1.807, 2.05) is 13.0 Å². The van der Waals surface area contributed by atoms with Gasteiger partial charge in [0.25, 0.3) is 5.91 Å². The van der Waals surface area contributed by atoms with E-state index in [9.17, 15) is 9.59 Å². The Morgan fingerprint density at radius 3 is 2.50 bits per heavy atom. The summed E-state index contributed by atoms with van der Waals surface area (Å²) < 4.78 is 19.4. The summed E-state index contributed by atoms with van der Waals surface area (Å²) in [5.41, 5.74) is 6.12. The smallest absolute Gasteiger partial charge is 0.338 e. The molecule has 2 N–H and O–H groups in total. The Labute approximate surface area is 185 Å². The number of halogens is 1. The van der Waals surface area contributed by atoms with Crippen LogP contribution in [-0.2, 0) is 14.2 Å². The first-order chi connectivity index (χ1) is 14.0. The monoisotopic (exact) mass is 474 g/mol. The molecule has 1 saturated heterocycles. The minimum Gasteiger partial charge on any atom is -1.00 e. The van der Waals surface area contributed by atoms with Crippen LogP contribution >= 0.6 is 0 Å². The lowest BCUT2D eigenvalue weighted by atomic mass is 10.1. The van der Waals surface area contributed by atoms with Gasteiger partial charge in [0.05, 0.1) is 11.7 Å². The number of rotatable bonds is 7. The van der Waals surface area contributed by atoms with Crippen LogP contribution < -0.4 is 27.3 Å². The van der Waals surface area contributed by atoms with E-state index in [0.717, 1.165) is 0 Å². The number of amides is 1. The van der Waals surface area contributed by atoms with E-state index < -0.39 is 30.3 Å². The summed E-state index contributed by atoms with van der Waals surface area (Å²) in [5, 5.41) is 0. The lowest BCUT2D eigenvalue weighted by Gasteiger charge is -2.21. The van der Waals surface area contributed by atoms with Crippen molar-refractivity contribution in [3.63, 3.8) is 0 Å². The highest BCUT2D eigenvalue weighted by molar-refractivity contribution is 5.92. The molecule has 0 aliphatic carbocycles. The van der Waals surface area contributed by atoms with Gasteiger partial charge in [0.15, 0.2) is 12.4 Å². The molecule has 1 aliphatic heterocycles. The fourth-order valence-electron chi connectivity index (χ4n) is 3.31. The Balaban J connectivity index is 0.00000320. The summed E-state index contributed by atoms with van der Waals surface area (Å²) in [6, 6.07) is 11.9. The number of hydrogen-bond donors (Lipinski definition) is 1. The van der Waals surface area contributed by atoms with E-state index in [-0.39, 0.29) is 29.7 Å². The maximum Gasteiger partial charge on any atom is 0.338 e. The summed E-state index contributed by atoms with van der Waals surface area (Å²) in [5.74, 6) is 1.37. The Morgan fingerprint density at radius 2 is 1.87 bits per heavy atom. The second-order valence-corrected chi connectivity index (χ2v) is 6.59. The third-order valence-corrected chi connectivity index (χ3v) is 4.70. The van der Waals surface area contributed by atoms with Gasteiger partial charge in [-0.05, 0) is 24.6 Å². The molecule has 7 nitrogen and oxygen atoms in total. The van der Waals surface area contributed by atoms with Gasteiger partial charge in [-0.3, -0.25) is 4.79 Å². The molecule has 158 valence electrons. The number of primary amides is 1. The lowest BCUT2D eigenvalue weighted by Crippen LogP contribution is -3.00. The molecule has 0 bridgehead atoms. The van der Waals surface area contributed by atoms with Gasteiger partial charge < -0.3 is 36.9 Å². The quantitative estimate of drug-likeness (QED) is 0.303. The molecule has 3 rings (SSSR count). The van der Waals surface area contributed by atoms with Crippen molar-refractivity contribution in [2.75, 3.05) is 6.61 Å². The summed E-state index contributed by atoms with van der Waals surface area (Å²) in [7, 11) is 0. The zero-order valence-electron chi connectivity index (χ0n) is 16.4. The number of nitrogens with zero attached hydrogens (tertiary/aromatic N) is 1. The van der Waals surface area contributed by atoms with Crippen LogP contribution in [0.25, 0.3) is 0 Å². The number of carbonyl (C=O) groups excluding carboxylic acids is 2. The first kappa shape index (κ1) is 23.5. The molecule has 8 heteroatoms. The highest BCUT2D eigenvalue weighted by atomic mass is 79.9. The summed E-state index contributed by atoms with van der Waals surface area (Å²) in [6.45, 7) is 2.00. The van der Waals surface area contributed by atoms with Gasteiger partial charge in [-0.15, -0.1) is 6.42 Å². The van der Waals surface area contributed by atoms with Gasteiger partial charge in [-0.25, -0.2) is 4.79 Å². The summed E-state index contributed by atoms with van der Waals surface area (Å²) in [6.07, 6.45) is 6.89.